The van der Waals surface area contributed by atoms with E-state index >= 15 is 0 Å². The van der Waals surface area contributed by atoms with Crippen LogP contribution in [-0.4, -0.2) is 45.2 Å². The first kappa shape index (κ1) is 21.6. The van der Waals surface area contributed by atoms with Gasteiger partial charge in [-0.2, -0.15) is 0 Å². The van der Waals surface area contributed by atoms with E-state index in [1.165, 1.54) is 25.3 Å². The van der Waals surface area contributed by atoms with Crippen molar-refractivity contribution < 1.29 is 19.1 Å². The third-order valence-corrected chi connectivity index (χ3v) is 4.08. The standard InChI is InChI=1S/C19H26N6O4/c1-28-16-10-12(19(23)27)9-14(21)17(16)25-5-7-29-6-4-24-15-3-2-11(18(22)26)8-13(15)20/h2-3,8-10,24-25H,4-7,20-21H2,1H3,(H2,22,26)(H2,23,27). The molecule has 0 saturated carbocycles. The van der Waals surface area contributed by atoms with Crippen LogP contribution in [0.3, 0.4) is 0 Å². The van der Waals surface area contributed by atoms with Gasteiger partial charge in [0, 0.05) is 24.2 Å². The molecule has 29 heavy (non-hydrogen) atoms. The second-order valence-corrected chi connectivity index (χ2v) is 6.14. The molecule has 0 atom stereocenters. The Morgan fingerprint density at radius 1 is 0.897 bits per heavy atom. The first-order valence-electron chi connectivity index (χ1n) is 8.85. The number of carbonyl (C=O) groups excluding carboxylic acids is 2. The number of nitrogen functional groups attached to an aromatic ring is 2. The van der Waals surface area contributed by atoms with Crippen molar-refractivity contribution in [2.24, 2.45) is 11.5 Å². The van der Waals surface area contributed by atoms with Gasteiger partial charge in [-0.15, -0.1) is 0 Å². The molecule has 0 unspecified atom stereocenters. The lowest BCUT2D eigenvalue weighted by Gasteiger charge is -2.15. The zero-order chi connectivity index (χ0) is 21.4. The van der Waals surface area contributed by atoms with Crippen LogP contribution in [0.15, 0.2) is 30.3 Å². The van der Waals surface area contributed by atoms with Crippen LogP contribution in [0.25, 0.3) is 0 Å². The molecular weight excluding hydrogens is 376 g/mol. The van der Waals surface area contributed by atoms with Crippen molar-refractivity contribution in [1.82, 2.24) is 0 Å². The summed E-state index contributed by atoms with van der Waals surface area (Å²) in [5.41, 5.74) is 25.0. The average Bonchev–Trinajstić information content (AvgIpc) is 2.68. The van der Waals surface area contributed by atoms with Crippen molar-refractivity contribution >= 4 is 34.6 Å². The van der Waals surface area contributed by atoms with E-state index in [-0.39, 0.29) is 5.56 Å². The number of nitrogens with one attached hydrogen (secondary N) is 2. The largest absolute Gasteiger partial charge is 0.494 e. The van der Waals surface area contributed by atoms with E-state index < -0.39 is 11.8 Å². The lowest BCUT2D eigenvalue weighted by atomic mass is 10.1. The number of hydrogen-bond acceptors (Lipinski definition) is 8. The minimum atomic E-state index is -0.581. The van der Waals surface area contributed by atoms with Crippen molar-refractivity contribution in [2.75, 3.05) is 55.5 Å². The fraction of sp³-hybridized carbons (Fsp3) is 0.263. The van der Waals surface area contributed by atoms with Crippen LogP contribution < -0.4 is 38.3 Å². The molecule has 2 amide bonds. The number of ether oxygens (including phenoxy) is 2. The Morgan fingerprint density at radius 2 is 1.52 bits per heavy atom. The van der Waals surface area contributed by atoms with Gasteiger partial charge >= 0.3 is 0 Å². The third-order valence-electron chi connectivity index (χ3n) is 4.08. The number of carbonyl (C=O) groups is 2. The van der Waals surface area contributed by atoms with Gasteiger partial charge in [-0.3, -0.25) is 9.59 Å². The lowest BCUT2D eigenvalue weighted by molar-refractivity contribution is 0.0992. The molecule has 0 bridgehead atoms. The Bertz CT molecular complexity index is 887. The normalized spacial score (nSPS) is 10.4. The number of anilines is 4. The van der Waals surface area contributed by atoms with E-state index in [1.54, 1.807) is 12.1 Å². The minimum Gasteiger partial charge on any atom is -0.494 e. The maximum absolute atomic E-state index is 11.3. The predicted molar refractivity (Wildman–Crippen MR) is 113 cm³/mol. The fourth-order valence-electron chi connectivity index (χ4n) is 2.61. The molecule has 0 aliphatic rings. The van der Waals surface area contributed by atoms with E-state index in [0.29, 0.717) is 60.4 Å². The van der Waals surface area contributed by atoms with Crippen LogP contribution in [0.1, 0.15) is 20.7 Å². The van der Waals surface area contributed by atoms with Crippen molar-refractivity contribution in [1.29, 1.82) is 0 Å². The first-order chi connectivity index (χ1) is 13.8. The quantitative estimate of drug-likeness (QED) is 0.233. The van der Waals surface area contributed by atoms with Gasteiger partial charge in [-0.05, 0) is 30.3 Å². The summed E-state index contributed by atoms with van der Waals surface area (Å²) < 4.78 is 10.8. The first-order valence-corrected chi connectivity index (χ1v) is 8.85. The van der Waals surface area contributed by atoms with Gasteiger partial charge in [-0.25, -0.2) is 0 Å². The van der Waals surface area contributed by atoms with E-state index in [1.807, 2.05) is 0 Å². The third kappa shape index (κ3) is 5.91. The summed E-state index contributed by atoms with van der Waals surface area (Å²) in [7, 11) is 1.48. The summed E-state index contributed by atoms with van der Waals surface area (Å²) in [6, 6.07) is 7.84. The van der Waals surface area contributed by atoms with Crippen LogP contribution >= 0.6 is 0 Å². The fourth-order valence-corrected chi connectivity index (χ4v) is 2.61. The Balaban J connectivity index is 1.75. The average molecular weight is 402 g/mol. The molecule has 0 aliphatic carbocycles. The van der Waals surface area contributed by atoms with Gasteiger partial charge in [-0.1, -0.05) is 0 Å². The zero-order valence-corrected chi connectivity index (χ0v) is 16.2. The van der Waals surface area contributed by atoms with Gasteiger partial charge < -0.3 is 43.0 Å². The second kappa shape index (κ2) is 10.0. The molecule has 0 fully saturated rings. The van der Waals surface area contributed by atoms with Gasteiger partial charge in [0.2, 0.25) is 11.8 Å². The number of methoxy groups -OCH3 is 1. The van der Waals surface area contributed by atoms with Gasteiger partial charge in [0.1, 0.15) is 11.4 Å². The van der Waals surface area contributed by atoms with Crippen LogP contribution in [0.4, 0.5) is 22.7 Å². The number of nitrogens with two attached hydrogens (primary N) is 4. The molecule has 2 aromatic carbocycles. The van der Waals surface area contributed by atoms with E-state index in [0.717, 1.165) is 0 Å². The Morgan fingerprint density at radius 3 is 2.10 bits per heavy atom. The van der Waals surface area contributed by atoms with Gasteiger partial charge in [0.15, 0.2) is 0 Å². The highest BCUT2D eigenvalue weighted by molar-refractivity contribution is 5.96. The number of rotatable bonds is 11. The molecule has 10 heteroatoms. The Kier molecular flexibility index (Phi) is 7.49. The van der Waals surface area contributed by atoms with E-state index in [2.05, 4.69) is 10.6 Å². The summed E-state index contributed by atoms with van der Waals surface area (Å²) in [5, 5.41) is 6.25. The maximum atomic E-state index is 11.3. The molecular formula is C19H26N6O4. The van der Waals surface area contributed by atoms with Crippen molar-refractivity contribution in [3.63, 3.8) is 0 Å². The van der Waals surface area contributed by atoms with E-state index in [9.17, 15) is 9.59 Å². The minimum absolute atomic E-state index is 0.273. The molecule has 10 N–H and O–H groups in total. The molecule has 10 nitrogen and oxygen atoms in total. The Hall–Kier alpha value is -3.66. The molecule has 0 saturated heterocycles. The molecule has 0 spiro atoms. The maximum Gasteiger partial charge on any atom is 0.248 e. The SMILES string of the molecule is COc1cc(C(N)=O)cc(N)c1NCCOCCNc1ccc(C(N)=O)cc1N. The highest BCUT2D eigenvalue weighted by atomic mass is 16.5. The summed E-state index contributed by atoms with van der Waals surface area (Å²) in [4.78, 5) is 22.4. The summed E-state index contributed by atoms with van der Waals surface area (Å²) >= 11 is 0. The predicted octanol–water partition coefficient (Wildman–Crippen LogP) is 0.598. The molecule has 2 aromatic rings. The summed E-state index contributed by atoms with van der Waals surface area (Å²) in [6.07, 6.45) is 0. The van der Waals surface area contributed by atoms with Crippen molar-refractivity contribution in [3.05, 3.63) is 41.5 Å². The second-order valence-electron chi connectivity index (χ2n) is 6.14. The van der Waals surface area contributed by atoms with Crippen LogP contribution in [0.2, 0.25) is 0 Å². The smallest absolute Gasteiger partial charge is 0.248 e. The molecule has 2 rings (SSSR count). The highest BCUT2D eigenvalue weighted by Crippen LogP contribution is 2.32. The van der Waals surface area contributed by atoms with Crippen molar-refractivity contribution in [2.45, 2.75) is 0 Å². The van der Waals surface area contributed by atoms with Crippen LogP contribution in [0, 0.1) is 0 Å². The number of primary amides is 2. The molecule has 0 aliphatic heterocycles. The molecule has 156 valence electrons. The van der Waals surface area contributed by atoms with Gasteiger partial charge in [0.05, 0.1) is 37.4 Å². The Labute approximate surface area is 168 Å². The number of amides is 2. The topological polar surface area (TPSA) is 181 Å². The molecule has 0 heterocycles. The zero-order valence-electron chi connectivity index (χ0n) is 16.2. The highest BCUT2D eigenvalue weighted by Gasteiger charge is 2.12. The number of hydrogen-bond donors (Lipinski definition) is 6. The van der Waals surface area contributed by atoms with Crippen LogP contribution in [-0.2, 0) is 4.74 Å². The summed E-state index contributed by atoms with van der Waals surface area (Å²) in [6.45, 7) is 1.86. The monoisotopic (exact) mass is 402 g/mol. The molecule has 0 radical (unpaired) electrons. The molecule has 0 aromatic heterocycles. The summed E-state index contributed by atoms with van der Waals surface area (Å²) in [5.74, 6) is -0.682. The number of benzene rings is 2. The van der Waals surface area contributed by atoms with E-state index in [4.69, 9.17) is 32.4 Å². The van der Waals surface area contributed by atoms with Crippen LogP contribution in [0.5, 0.6) is 5.75 Å². The van der Waals surface area contributed by atoms with Crippen molar-refractivity contribution in [3.8, 4) is 5.75 Å². The lowest BCUT2D eigenvalue weighted by Crippen LogP contribution is -2.17. The van der Waals surface area contributed by atoms with Gasteiger partial charge in [0.25, 0.3) is 0 Å².